The van der Waals surface area contributed by atoms with Gasteiger partial charge in [-0.15, -0.1) is 0 Å². The quantitative estimate of drug-likeness (QED) is 0.485. The van der Waals surface area contributed by atoms with Crippen molar-refractivity contribution in [1.29, 1.82) is 0 Å². The number of H-pyrrole nitrogens is 1. The molecular formula is C21H12N2. The number of aromatic amines is 1. The highest BCUT2D eigenvalue weighted by atomic mass is 14.7. The Balaban J connectivity index is 1.69. The topological polar surface area (TPSA) is 28.7 Å². The molecule has 106 valence electrons. The van der Waals surface area contributed by atoms with Crippen LogP contribution in [0, 0.1) is 23.7 Å². The van der Waals surface area contributed by atoms with Gasteiger partial charge in [0.05, 0.1) is 0 Å². The number of nitrogens with one attached hydrogen (secondary N) is 1. The zero-order valence-corrected chi connectivity index (χ0v) is 12.3. The van der Waals surface area contributed by atoms with E-state index in [1.807, 2.05) is 30.3 Å². The third-order valence-electron chi connectivity index (χ3n) is 3.66. The van der Waals surface area contributed by atoms with Crippen molar-refractivity contribution in [3.63, 3.8) is 0 Å². The number of hydrogen-bond donors (Lipinski definition) is 1. The number of pyridine rings is 1. The van der Waals surface area contributed by atoms with Gasteiger partial charge in [-0.2, -0.15) is 0 Å². The molecule has 4 aromatic rings. The van der Waals surface area contributed by atoms with E-state index in [0.29, 0.717) is 0 Å². The number of benzene rings is 2. The Morgan fingerprint density at radius 3 is 2.30 bits per heavy atom. The van der Waals surface area contributed by atoms with Crippen molar-refractivity contribution in [2.75, 3.05) is 0 Å². The van der Waals surface area contributed by atoms with Gasteiger partial charge in [-0.05, 0) is 48.2 Å². The van der Waals surface area contributed by atoms with Gasteiger partial charge in [0.25, 0.3) is 0 Å². The Kier molecular flexibility index (Phi) is 3.28. The maximum atomic E-state index is 3.96. The molecule has 0 aliphatic rings. The Morgan fingerprint density at radius 2 is 1.43 bits per heavy atom. The fourth-order valence-corrected chi connectivity index (χ4v) is 2.57. The van der Waals surface area contributed by atoms with E-state index in [1.165, 1.54) is 10.8 Å². The minimum Gasteiger partial charge on any atom is -0.355 e. The number of hydrogen-bond acceptors (Lipinski definition) is 1. The van der Waals surface area contributed by atoms with E-state index in [9.17, 15) is 0 Å². The predicted molar refractivity (Wildman–Crippen MR) is 93.8 cm³/mol. The maximum absolute atomic E-state index is 3.96. The molecule has 0 spiro atoms. The highest BCUT2D eigenvalue weighted by Crippen LogP contribution is 2.25. The van der Waals surface area contributed by atoms with Crippen LogP contribution >= 0.6 is 0 Å². The van der Waals surface area contributed by atoms with Gasteiger partial charge in [-0.25, -0.2) is 0 Å². The van der Waals surface area contributed by atoms with E-state index in [1.54, 1.807) is 12.4 Å². The first-order valence-corrected chi connectivity index (χ1v) is 7.33. The lowest BCUT2D eigenvalue weighted by molar-refractivity contribution is 1.32. The summed E-state index contributed by atoms with van der Waals surface area (Å²) in [5.74, 6) is 11.9. The van der Waals surface area contributed by atoms with E-state index >= 15 is 0 Å². The molecule has 0 radical (unpaired) electrons. The van der Waals surface area contributed by atoms with Crippen molar-refractivity contribution in [2.24, 2.45) is 0 Å². The van der Waals surface area contributed by atoms with Crippen molar-refractivity contribution in [2.45, 2.75) is 0 Å². The number of aromatic nitrogens is 2. The number of para-hydroxylation sites is 1. The van der Waals surface area contributed by atoms with Crippen LogP contribution in [-0.4, -0.2) is 9.97 Å². The highest BCUT2D eigenvalue weighted by Gasteiger charge is 2.03. The summed E-state index contributed by atoms with van der Waals surface area (Å²) in [5, 5.41) is 2.41. The molecule has 0 aliphatic heterocycles. The van der Waals surface area contributed by atoms with Crippen molar-refractivity contribution < 1.29 is 0 Å². The van der Waals surface area contributed by atoms with Gasteiger partial charge in [0.15, 0.2) is 0 Å². The molecule has 0 saturated heterocycles. The fourth-order valence-electron chi connectivity index (χ4n) is 2.57. The van der Waals surface area contributed by atoms with Crippen LogP contribution in [0.1, 0.15) is 11.1 Å². The van der Waals surface area contributed by atoms with Gasteiger partial charge in [-0.3, -0.25) is 4.98 Å². The lowest BCUT2D eigenvalue weighted by Crippen LogP contribution is -1.75. The summed E-state index contributed by atoms with van der Waals surface area (Å²) in [6, 6.07) is 18.2. The molecule has 2 aromatic heterocycles. The van der Waals surface area contributed by atoms with E-state index in [-0.39, 0.29) is 0 Å². The monoisotopic (exact) mass is 292 g/mol. The molecule has 2 heteroatoms. The number of fused-ring (bicyclic) bond motifs is 3. The van der Waals surface area contributed by atoms with Crippen LogP contribution in [0.2, 0.25) is 0 Å². The van der Waals surface area contributed by atoms with Crippen molar-refractivity contribution in [3.8, 4) is 23.7 Å². The SMILES string of the molecule is C(C#Cc1ccc2[nH]c3ccccc3c2c1)#Cc1ccncc1. The molecule has 2 nitrogen and oxygen atoms in total. The fraction of sp³-hybridized carbons (Fsp3) is 0. The molecule has 4 rings (SSSR count). The summed E-state index contributed by atoms with van der Waals surface area (Å²) >= 11 is 0. The van der Waals surface area contributed by atoms with Crippen molar-refractivity contribution in [1.82, 2.24) is 9.97 Å². The van der Waals surface area contributed by atoms with Gasteiger partial charge in [0.2, 0.25) is 0 Å². The molecule has 0 saturated carbocycles. The summed E-state index contributed by atoms with van der Waals surface area (Å²) in [6.07, 6.45) is 3.45. The Bertz CT molecular complexity index is 1110. The largest absolute Gasteiger partial charge is 0.355 e. The van der Waals surface area contributed by atoms with Gasteiger partial charge in [-0.1, -0.05) is 30.0 Å². The van der Waals surface area contributed by atoms with Crippen LogP contribution in [0.4, 0.5) is 0 Å². The van der Waals surface area contributed by atoms with E-state index < -0.39 is 0 Å². The molecule has 2 aromatic carbocycles. The third-order valence-corrected chi connectivity index (χ3v) is 3.66. The average molecular weight is 292 g/mol. The Morgan fingerprint density at radius 1 is 0.696 bits per heavy atom. The first-order chi connectivity index (χ1) is 11.4. The lowest BCUT2D eigenvalue weighted by atomic mass is 10.1. The molecular weight excluding hydrogens is 280 g/mol. The zero-order chi connectivity index (χ0) is 15.5. The molecule has 0 fully saturated rings. The molecule has 0 unspecified atom stereocenters. The summed E-state index contributed by atoms with van der Waals surface area (Å²) in [6.45, 7) is 0. The number of rotatable bonds is 0. The van der Waals surface area contributed by atoms with Crippen LogP contribution in [0.15, 0.2) is 67.0 Å². The lowest BCUT2D eigenvalue weighted by Gasteiger charge is -1.92. The van der Waals surface area contributed by atoms with Crippen LogP contribution in [0.3, 0.4) is 0 Å². The van der Waals surface area contributed by atoms with E-state index in [4.69, 9.17) is 0 Å². The summed E-state index contributed by atoms with van der Waals surface area (Å²) < 4.78 is 0. The zero-order valence-electron chi connectivity index (χ0n) is 12.3. The minimum atomic E-state index is 0.918. The van der Waals surface area contributed by atoms with E-state index in [0.717, 1.165) is 22.2 Å². The second-order valence-electron chi connectivity index (χ2n) is 5.17. The molecule has 0 aliphatic carbocycles. The predicted octanol–water partition coefficient (Wildman–Crippen LogP) is 4.12. The van der Waals surface area contributed by atoms with Crippen molar-refractivity contribution in [3.05, 3.63) is 78.1 Å². The van der Waals surface area contributed by atoms with Crippen LogP contribution in [0.5, 0.6) is 0 Å². The molecule has 0 amide bonds. The van der Waals surface area contributed by atoms with Gasteiger partial charge >= 0.3 is 0 Å². The van der Waals surface area contributed by atoms with Crippen LogP contribution in [0.25, 0.3) is 21.8 Å². The van der Waals surface area contributed by atoms with Crippen LogP contribution in [-0.2, 0) is 0 Å². The second kappa shape index (κ2) is 5.72. The second-order valence-corrected chi connectivity index (χ2v) is 5.17. The standard InChI is InChI=1S/C21H12N2/c1(5-16-11-13-22-14-12-16)2-6-17-9-10-21-19(15-17)18-7-3-4-8-20(18)23-21/h3-4,7-15,23H. The van der Waals surface area contributed by atoms with Crippen molar-refractivity contribution >= 4 is 21.8 Å². The average Bonchev–Trinajstić information content (AvgIpc) is 2.98. The highest BCUT2D eigenvalue weighted by molar-refractivity contribution is 6.07. The maximum Gasteiger partial charge on any atom is 0.0465 e. The molecule has 23 heavy (non-hydrogen) atoms. The summed E-state index contributed by atoms with van der Waals surface area (Å²) in [7, 11) is 0. The minimum absolute atomic E-state index is 0.918. The molecule has 0 bridgehead atoms. The van der Waals surface area contributed by atoms with E-state index in [2.05, 4.69) is 57.9 Å². The van der Waals surface area contributed by atoms with Crippen LogP contribution < -0.4 is 0 Å². The first kappa shape index (κ1) is 13.2. The third kappa shape index (κ3) is 2.67. The Hall–Kier alpha value is -3.49. The van der Waals surface area contributed by atoms with Gasteiger partial charge in [0, 0.05) is 45.3 Å². The van der Waals surface area contributed by atoms with Gasteiger partial charge < -0.3 is 4.98 Å². The summed E-state index contributed by atoms with van der Waals surface area (Å²) in [5.41, 5.74) is 4.15. The Labute approximate surface area is 134 Å². The summed E-state index contributed by atoms with van der Waals surface area (Å²) in [4.78, 5) is 7.38. The number of nitrogens with zero attached hydrogens (tertiary/aromatic N) is 1. The molecule has 1 N–H and O–H groups in total. The molecule has 0 atom stereocenters. The first-order valence-electron chi connectivity index (χ1n) is 7.33. The normalized spacial score (nSPS) is 9.91. The van der Waals surface area contributed by atoms with Gasteiger partial charge in [0.1, 0.15) is 0 Å². The molecule has 2 heterocycles. The smallest absolute Gasteiger partial charge is 0.0465 e.